The molecular weight excluding hydrogens is 373 g/mol. The van der Waals surface area contributed by atoms with Gasteiger partial charge in [-0.05, 0) is 37.0 Å². The highest BCUT2D eigenvalue weighted by Crippen LogP contribution is 2.32. The second kappa shape index (κ2) is 7.31. The van der Waals surface area contributed by atoms with E-state index in [1.165, 1.54) is 10.9 Å². The fraction of sp³-hybridized carbons (Fsp3) is 0.375. The average Bonchev–Trinajstić information content (AvgIpc) is 3.01. The van der Waals surface area contributed by atoms with Crippen molar-refractivity contribution >= 4 is 40.5 Å². The first-order valence-electron chi connectivity index (χ1n) is 7.60. The van der Waals surface area contributed by atoms with Crippen LogP contribution in [0, 0.1) is 5.92 Å². The van der Waals surface area contributed by atoms with E-state index in [2.05, 4.69) is 10.00 Å². The van der Waals surface area contributed by atoms with Crippen molar-refractivity contribution in [3.05, 3.63) is 49.8 Å². The summed E-state index contributed by atoms with van der Waals surface area (Å²) in [7, 11) is 0. The molecule has 2 aromatic rings. The summed E-state index contributed by atoms with van der Waals surface area (Å²) < 4.78 is 1.17. The molecule has 1 aliphatic rings. The molecular formula is C16H16Cl3N3O2. The van der Waals surface area contributed by atoms with Crippen molar-refractivity contribution in [1.82, 2.24) is 9.78 Å². The molecule has 8 heteroatoms. The number of aliphatic hydroxyl groups excluding tert-OH is 1. The maximum Gasteiger partial charge on any atom is 0.291 e. The fourth-order valence-electron chi connectivity index (χ4n) is 2.95. The minimum Gasteiger partial charge on any atom is -0.396 e. The lowest BCUT2D eigenvalue weighted by Crippen LogP contribution is -2.22. The summed E-state index contributed by atoms with van der Waals surface area (Å²) in [5.74, 6) is 0.477. The first-order chi connectivity index (χ1) is 11.5. The Kier molecular flexibility index (Phi) is 5.35. The first-order valence-corrected chi connectivity index (χ1v) is 8.73. The number of aromatic nitrogens is 2. The molecule has 0 radical (unpaired) electrons. The molecule has 3 rings (SSSR count). The van der Waals surface area contributed by atoms with Gasteiger partial charge in [-0.15, -0.1) is 0 Å². The highest BCUT2D eigenvalue weighted by atomic mass is 35.5. The summed E-state index contributed by atoms with van der Waals surface area (Å²) in [6, 6.07) is 5.34. The second-order valence-corrected chi connectivity index (χ2v) is 6.96. The third kappa shape index (κ3) is 3.40. The van der Waals surface area contributed by atoms with E-state index in [1.807, 2.05) is 6.07 Å². The van der Waals surface area contributed by atoms with Crippen molar-refractivity contribution in [1.29, 1.82) is 0 Å². The standard InChI is InChI=1S/C16H16Cl3N3O2/c17-12-7-11(22-16(24)15(19)13(18)8-20-22)1-2-14(12)21-5-3-10(9-21)4-6-23/h1-2,7-8,10,23H,3-6,9H2. The smallest absolute Gasteiger partial charge is 0.291 e. The van der Waals surface area contributed by atoms with Gasteiger partial charge in [-0.25, -0.2) is 0 Å². The Bertz CT molecular complexity index is 810. The maximum atomic E-state index is 12.2. The van der Waals surface area contributed by atoms with E-state index >= 15 is 0 Å². The molecule has 1 aliphatic heterocycles. The Balaban J connectivity index is 1.89. The molecule has 1 fully saturated rings. The highest BCUT2D eigenvalue weighted by Gasteiger charge is 2.24. The third-order valence-electron chi connectivity index (χ3n) is 4.22. The van der Waals surface area contributed by atoms with E-state index in [0.717, 1.165) is 31.6 Å². The van der Waals surface area contributed by atoms with Gasteiger partial charge in [-0.3, -0.25) is 4.79 Å². The van der Waals surface area contributed by atoms with Gasteiger partial charge in [0.2, 0.25) is 0 Å². The van der Waals surface area contributed by atoms with Crippen LogP contribution in [0.15, 0.2) is 29.2 Å². The Hall–Kier alpha value is -1.27. The van der Waals surface area contributed by atoms with Crippen LogP contribution >= 0.6 is 34.8 Å². The zero-order valence-corrected chi connectivity index (χ0v) is 15.0. The summed E-state index contributed by atoms with van der Waals surface area (Å²) >= 11 is 18.1. The van der Waals surface area contributed by atoms with E-state index in [0.29, 0.717) is 16.6 Å². The Labute approximate surface area is 154 Å². The SMILES string of the molecule is O=c1c(Cl)c(Cl)cnn1-c1ccc(N2CCC(CCO)C2)c(Cl)c1. The summed E-state index contributed by atoms with van der Waals surface area (Å²) in [6.07, 6.45) is 3.16. The van der Waals surface area contributed by atoms with Crippen LogP contribution in [-0.2, 0) is 0 Å². The van der Waals surface area contributed by atoms with Gasteiger partial charge < -0.3 is 10.0 Å². The predicted molar refractivity (Wildman–Crippen MR) is 96.9 cm³/mol. The van der Waals surface area contributed by atoms with Gasteiger partial charge >= 0.3 is 0 Å². The van der Waals surface area contributed by atoms with Crippen molar-refractivity contribution in [3.8, 4) is 5.69 Å². The predicted octanol–water partition coefficient (Wildman–Crippen LogP) is 3.40. The second-order valence-electron chi connectivity index (χ2n) is 5.77. The normalized spacial score (nSPS) is 17.5. The van der Waals surface area contributed by atoms with Crippen LogP contribution in [0.4, 0.5) is 5.69 Å². The molecule has 1 saturated heterocycles. The monoisotopic (exact) mass is 387 g/mol. The van der Waals surface area contributed by atoms with Crippen LogP contribution < -0.4 is 10.5 Å². The minimum absolute atomic E-state index is 0.0711. The lowest BCUT2D eigenvalue weighted by atomic mass is 10.1. The Morgan fingerprint density at radius 2 is 2.04 bits per heavy atom. The maximum absolute atomic E-state index is 12.2. The van der Waals surface area contributed by atoms with E-state index in [9.17, 15) is 4.79 Å². The van der Waals surface area contributed by atoms with Gasteiger partial charge in [-0.2, -0.15) is 9.78 Å². The van der Waals surface area contributed by atoms with Crippen LogP contribution in [0.3, 0.4) is 0 Å². The van der Waals surface area contributed by atoms with Gasteiger partial charge in [0, 0.05) is 19.7 Å². The quantitative estimate of drug-likeness (QED) is 0.872. The molecule has 24 heavy (non-hydrogen) atoms. The lowest BCUT2D eigenvalue weighted by molar-refractivity contribution is 0.263. The molecule has 0 aliphatic carbocycles. The molecule has 0 spiro atoms. The molecule has 0 saturated carbocycles. The molecule has 128 valence electrons. The average molecular weight is 389 g/mol. The summed E-state index contributed by atoms with van der Waals surface area (Å²) in [5, 5.41) is 13.7. The number of benzene rings is 1. The van der Waals surface area contributed by atoms with Gasteiger partial charge in [0.05, 0.1) is 27.6 Å². The van der Waals surface area contributed by atoms with E-state index < -0.39 is 5.56 Å². The van der Waals surface area contributed by atoms with Crippen LogP contribution in [0.1, 0.15) is 12.8 Å². The zero-order chi connectivity index (χ0) is 17.3. The molecule has 1 N–H and O–H groups in total. The number of nitrogens with zero attached hydrogens (tertiary/aromatic N) is 3. The number of anilines is 1. The lowest BCUT2D eigenvalue weighted by Gasteiger charge is -2.20. The number of hydrogen-bond acceptors (Lipinski definition) is 4. The Morgan fingerprint density at radius 3 is 2.75 bits per heavy atom. The highest BCUT2D eigenvalue weighted by molar-refractivity contribution is 6.41. The molecule has 2 heterocycles. The van der Waals surface area contributed by atoms with Crippen molar-refractivity contribution in [3.63, 3.8) is 0 Å². The Morgan fingerprint density at radius 1 is 1.25 bits per heavy atom. The number of hydrogen-bond donors (Lipinski definition) is 1. The van der Waals surface area contributed by atoms with E-state index in [4.69, 9.17) is 39.9 Å². The minimum atomic E-state index is -0.489. The van der Waals surface area contributed by atoms with Crippen molar-refractivity contribution in [2.75, 3.05) is 24.6 Å². The van der Waals surface area contributed by atoms with Crippen LogP contribution in [0.25, 0.3) is 5.69 Å². The molecule has 1 aromatic heterocycles. The third-order valence-corrected chi connectivity index (χ3v) is 5.27. The van der Waals surface area contributed by atoms with Gasteiger partial charge in [0.25, 0.3) is 5.56 Å². The molecule has 0 bridgehead atoms. The van der Waals surface area contributed by atoms with Crippen molar-refractivity contribution < 1.29 is 5.11 Å². The van der Waals surface area contributed by atoms with Crippen molar-refractivity contribution in [2.45, 2.75) is 12.8 Å². The van der Waals surface area contributed by atoms with Gasteiger partial charge in [0.1, 0.15) is 5.02 Å². The van der Waals surface area contributed by atoms with Crippen LogP contribution in [0.5, 0.6) is 0 Å². The molecule has 1 aromatic carbocycles. The summed E-state index contributed by atoms with van der Waals surface area (Å²) in [6.45, 7) is 1.97. The fourth-order valence-corrected chi connectivity index (χ4v) is 3.50. The summed E-state index contributed by atoms with van der Waals surface area (Å²) in [5.41, 5.74) is 0.949. The number of aliphatic hydroxyl groups is 1. The first kappa shape index (κ1) is 17.5. The topological polar surface area (TPSA) is 58.4 Å². The van der Waals surface area contributed by atoms with Crippen LogP contribution in [-0.4, -0.2) is 34.6 Å². The van der Waals surface area contributed by atoms with Crippen molar-refractivity contribution in [2.24, 2.45) is 5.92 Å². The molecule has 0 amide bonds. The molecule has 1 atom stereocenters. The van der Waals surface area contributed by atoms with E-state index in [-0.39, 0.29) is 16.7 Å². The van der Waals surface area contributed by atoms with Gasteiger partial charge in [-0.1, -0.05) is 34.8 Å². The largest absolute Gasteiger partial charge is 0.396 e. The number of rotatable bonds is 4. The number of halogens is 3. The molecule has 5 nitrogen and oxygen atoms in total. The summed E-state index contributed by atoms with van der Waals surface area (Å²) in [4.78, 5) is 14.4. The van der Waals surface area contributed by atoms with Crippen LogP contribution in [0.2, 0.25) is 15.1 Å². The van der Waals surface area contributed by atoms with E-state index in [1.54, 1.807) is 12.1 Å². The molecule has 1 unspecified atom stereocenters. The van der Waals surface area contributed by atoms with Gasteiger partial charge in [0.15, 0.2) is 0 Å². The zero-order valence-electron chi connectivity index (χ0n) is 12.8.